The summed E-state index contributed by atoms with van der Waals surface area (Å²) in [6.07, 6.45) is 7.76. The highest BCUT2D eigenvalue weighted by atomic mass is 16.4. The Labute approximate surface area is 103 Å². The van der Waals surface area contributed by atoms with Crippen molar-refractivity contribution in [2.45, 2.75) is 56.5 Å². The molecule has 2 fully saturated rings. The Morgan fingerprint density at radius 3 is 2.41 bits per heavy atom. The second-order valence-electron chi connectivity index (χ2n) is 5.48. The maximum absolute atomic E-state index is 11.4. The fraction of sp³-hybridized carbons (Fsp3) is 0.923. The highest BCUT2D eigenvalue weighted by Crippen LogP contribution is 2.34. The van der Waals surface area contributed by atoms with Crippen molar-refractivity contribution in [2.75, 3.05) is 20.1 Å². The van der Waals surface area contributed by atoms with E-state index in [2.05, 4.69) is 10.2 Å². The Bertz CT molecular complexity index is 275. The van der Waals surface area contributed by atoms with Crippen molar-refractivity contribution in [2.24, 2.45) is 0 Å². The number of hydrogen-bond acceptors (Lipinski definition) is 3. The first-order valence-electron chi connectivity index (χ1n) is 6.84. The Hall–Kier alpha value is -0.610. The molecule has 1 saturated carbocycles. The molecule has 0 aromatic carbocycles. The molecule has 0 aromatic rings. The SMILES string of the molecule is CNC1(C(=O)O)CCC(N2CCCCCC2)C1. The molecule has 2 N–H and O–H groups in total. The van der Waals surface area contributed by atoms with Crippen molar-refractivity contribution in [3.8, 4) is 0 Å². The molecule has 1 aliphatic heterocycles. The average molecular weight is 240 g/mol. The minimum absolute atomic E-state index is 0.469. The minimum atomic E-state index is -0.683. The summed E-state index contributed by atoms with van der Waals surface area (Å²) < 4.78 is 0. The van der Waals surface area contributed by atoms with Crippen molar-refractivity contribution in [1.82, 2.24) is 10.2 Å². The lowest BCUT2D eigenvalue weighted by molar-refractivity contribution is -0.144. The van der Waals surface area contributed by atoms with Crippen LogP contribution in [0.3, 0.4) is 0 Å². The molecule has 0 spiro atoms. The number of nitrogens with one attached hydrogen (secondary N) is 1. The highest BCUT2D eigenvalue weighted by molar-refractivity contribution is 5.79. The zero-order chi connectivity index (χ0) is 12.3. The van der Waals surface area contributed by atoms with E-state index >= 15 is 0 Å². The number of nitrogens with zero attached hydrogens (tertiary/aromatic N) is 1. The van der Waals surface area contributed by atoms with Gasteiger partial charge in [0.15, 0.2) is 0 Å². The van der Waals surface area contributed by atoms with Crippen LogP contribution in [0.5, 0.6) is 0 Å². The van der Waals surface area contributed by atoms with Crippen LogP contribution in [0.1, 0.15) is 44.9 Å². The lowest BCUT2D eigenvalue weighted by atomic mass is 9.98. The molecule has 0 bridgehead atoms. The van der Waals surface area contributed by atoms with Gasteiger partial charge in [-0.05, 0) is 52.2 Å². The van der Waals surface area contributed by atoms with Crippen molar-refractivity contribution in [3.05, 3.63) is 0 Å². The van der Waals surface area contributed by atoms with Crippen molar-refractivity contribution < 1.29 is 9.90 Å². The third-order valence-electron chi connectivity index (χ3n) is 4.53. The smallest absolute Gasteiger partial charge is 0.323 e. The van der Waals surface area contributed by atoms with Gasteiger partial charge in [0.2, 0.25) is 0 Å². The molecular formula is C13H24N2O2. The van der Waals surface area contributed by atoms with E-state index in [1.165, 1.54) is 25.7 Å². The van der Waals surface area contributed by atoms with Gasteiger partial charge in [-0.25, -0.2) is 0 Å². The van der Waals surface area contributed by atoms with Gasteiger partial charge in [0.05, 0.1) is 0 Å². The number of hydrogen-bond donors (Lipinski definition) is 2. The fourth-order valence-electron chi connectivity index (χ4n) is 3.32. The molecule has 0 amide bonds. The van der Waals surface area contributed by atoms with Gasteiger partial charge in [0.25, 0.3) is 0 Å². The molecule has 2 unspecified atom stereocenters. The minimum Gasteiger partial charge on any atom is -0.480 e. The van der Waals surface area contributed by atoms with E-state index in [-0.39, 0.29) is 0 Å². The van der Waals surface area contributed by atoms with Crippen LogP contribution in [0.15, 0.2) is 0 Å². The van der Waals surface area contributed by atoms with Crippen LogP contribution in [-0.2, 0) is 4.79 Å². The molecule has 0 radical (unpaired) electrons. The first-order chi connectivity index (χ1) is 8.18. The van der Waals surface area contributed by atoms with Gasteiger partial charge < -0.3 is 15.3 Å². The average Bonchev–Trinajstić information content (AvgIpc) is 2.59. The number of carboxylic acids is 1. The summed E-state index contributed by atoms with van der Waals surface area (Å²) in [6.45, 7) is 2.31. The normalized spacial score (nSPS) is 35.7. The van der Waals surface area contributed by atoms with E-state index in [0.29, 0.717) is 6.04 Å². The van der Waals surface area contributed by atoms with E-state index in [4.69, 9.17) is 0 Å². The largest absolute Gasteiger partial charge is 0.480 e. The van der Waals surface area contributed by atoms with Gasteiger partial charge in [0, 0.05) is 6.04 Å². The number of rotatable bonds is 3. The second-order valence-corrected chi connectivity index (χ2v) is 5.48. The van der Waals surface area contributed by atoms with Gasteiger partial charge in [-0.15, -0.1) is 0 Å². The Balaban J connectivity index is 1.98. The van der Waals surface area contributed by atoms with E-state index in [1.807, 2.05) is 0 Å². The maximum atomic E-state index is 11.4. The first kappa shape index (κ1) is 12.8. The molecule has 4 heteroatoms. The number of aliphatic carboxylic acids is 1. The molecule has 0 aromatic heterocycles. The van der Waals surface area contributed by atoms with Gasteiger partial charge in [0.1, 0.15) is 5.54 Å². The predicted octanol–water partition coefficient (Wildman–Crippen LogP) is 1.46. The summed E-state index contributed by atoms with van der Waals surface area (Å²) in [5.74, 6) is -0.683. The Kier molecular flexibility index (Phi) is 4.05. The quantitative estimate of drug-likeness (QED) is 0.784. The number of carboxylic acid groups (broad SMARTS) is 1. The van der Waals surface area contributed by atoms with Crippen molar-refractivity contribution in [3.63, 3.8) is 0 Å². The van der Waals surface area contributed by atoms with Crippen molar-refractivity contribution in [1.29, 1.82) is 0 Å². The summed E-state index contributed by atoms with van der Waals surface area (Å²) >= 11 is 0. The summed E-state index contributed by atoms with van der Waals surface area (Å²) in [5.41, 5.74) is -0.670. The van der Waals surface area contributed by atoms with Crippen LogP contribution >= 0.6 is 0 Å². The van der Waals surface area contributed by atoms with Crippen LogP contribution in [0, 0.1) is 0 Å². The summed E-state index contributed by atoms with van der Waals surface area (Å²) in [7, 11) is 1.78. The monoisotopic (exact) mass is 240 g/mol. The van der Waals surface area contributed by atoms with Gasteiger partial charge >= 0.3 is 5.97 Å². The number of likely N-dealkylation sites (tertiary alicyclic amines) is 1. The van der Waals surface area contributed by atoms with E-state index in [0.717, 1.165) is 32.4 Å². The molecule has 1 heterocycles. The molecular weight excluding hydrogens is 216 g/mol. The third-order valence-corrected chi connectivity index (χ3v) is 4.53. The van der Waals surface area contributed by atoms with Gasteiger partial charge in [-0.2, -0.15) is 0 Å². The van der Waals surface area contributed by atoms with Gasteiger partial charge in [-0.3, -0.25) is 4.79 Å². The zero-order valence-electron chi connectivity index (χ0n) is 10.7. The fourth-order valence-corrected chi connectivity index (χ4v) is 3.32. The molecule has 2 rings (SSSR count). The predicted molar refractivity (Wildman–Crippen MR) is 67.1 cm³/mol. The Morgan fingerprint density at radius 1 is 1.29 bits per heavy atom. The van der Waals surface area contributed by atoms with E-state index in [1.54, 1.807) is 7.05 Å². The van der Waals surface area contributed by atoms with Gasteiger partial charge in [-0.1, -0.05) is 12.8 Å². The van der Waals surface area contributed by atoms with Crippen LogP contribution in [0.25, 0.3) is 0 Å². The lowest BCUT2D eigenvalue weighted by Gasteiger charge is -2.29. The van der Waals surface area contributed by atoms with Crippen LogP contribution in [0.4, 0.5) is 0 Å². The molecule has 1 saturated heterocycles. The molecule has 17 heavy (non-hydrogen) atoms. The maximum Gasteiger partial charge on any atom is 0.323 e. The number of likely N-dealkylation sites (N-methyl/N-ethyl adjacent to an activating group) is 1. The summed E-state index contributed by atoms with van der Waals surface area (Å²) in [4.78, 5) is 13.9. The Morgan fingerprint density at radius 2 is 1.94 bits per heavy atom. The second kappa shape index (κ2) is 5.36. The lowest BCUT2D eigenvalue weighted by Crippen LogP contribution is -2.49. The number of carbonyl (C=O) groups is 1. The van der Waals surface area contributed by atoms with E-state index in [9.17, 15) is 9.90 Å². The molecule has 2 atom stereocenters. The van der Waals surface area contributed by atoms with Crippen LogP contribution in [0.2, 0.25) is 0 Å². The zero-order valence-corrected chi connectivity index (χ0v) is 10.7. The molecule has 4 nitrogen and oxygen atoms in total. The third kappa shape index (κ3) is 2.63. The van der Waals surface area contributed by atoms with Crippen LogP contribution < -0.4 is 5.32 Å². The topological polar surface area (TPSA) is 52.6 Å². The molecule has 98 valence electrons. The van der Waals surface area contributed by atoms with Crippen molar-refractivity contribution >= 4 is 5.97 Å². The summed E-state index contributed by atoms with van der Waals surface area (Å²) in [5, 5.41) is 12.4. The van der Waals surface area contributed by atoms with Crippen LogP contribution in [-0.4, -0.2) is 47.7 Å². The van der Waals surface area contributed by atoms with E-state index < -0.39 is 11.5 Å². The molecule has 2 aliphatic rings. The highest BCUT2D eigenvalue weighted by Gasteiger charge is 2.45. The first-order valence-corrected chi connectivity index (χ1v) is 6.84. The summed E-state index contributed by atoms with van der Waals surface area (Å²) in [6, 6.07) is 0.469. The standard InChI is InChI=1S/C13H24N2O2/c1-14-13(12(16)17)7-6-11(10-13)15-8-4-2-3-5-9-15/h11,14H,2-10H2,1H3,(H,16,17). The molecule has 1 aliphatic carbocycles.